The molecule has 0 aliphatic heterocycles. The maximum absolute atomic E-state index is 11.7. The third-order valence-electron chi connectivity index (χ3n) is 1.99. The number of hydrogen-bond acceptors (Lipinski definition) is 6. The highest BCUT2D eigenvalue weighted by Gasteiger charge is 2.31. The van der Waals surface area contributed by atoms with Gasteiger partial charge in [0.25, 0.3) is 0 Å². The first-order valence-electron chi connectivity index (χ1n) is 6.47. The molecule has 0 spiro atoms. The molecule has 0 aromatic carbocycles. The molecule has 1 N–H and O–H groups in total. The zero-order valence-corrected chi connectivity index (χ0v) is 12.6. The van der Waals surface area contributed by atoms with Crippen LogP contribution in [-0.2, 0) is 28.6 Å². The van der Waals surface area contributed by atoms with Gasteiger partial charge >= 0.3 is 11.9 Å². The molecule has 7 nitrogen and oxygen atoms in total. The quantitative estimate of drug-likeness (QED) is 0.539. The summed E-state index contributed by atoms with van der Waals surface area (Å²) in [6.45, 7) is 8.50. The summed E-state index contributed by atoms with van der Waals surface area (Å²) in [5.74, 6) is -2.30. The van der Waals surface area contributed by atoms with E-state index in [1.54, 1.807) is 34.6 Å². The van der Waals surface area contributed by atoms with Gasteiger partial charge in [0, 0.05) is 0 Å². The fourth-order valence-corrected chi connectivity index (χ4v) is 1.15. The van der Waals surface area contributed by atoms with Crippen LogP contribution < -0.4 is 5.32 Å². The Morgan fingerprint density at radius 1 is 1.00 bits per heavy atom. The Labute approximate surface area is 118 Å². The Bertz CT molecular complexity index is 329. The number of carbonyl (C=O) groups excluding carboxylic acids is 3. The van der Waals surface area contributed by atoms with Crippen LogP contribution in [0.15, 0.2) is 0 Å². The average molecular weight is 289 g/mol. The maximum Gasteiger partial charge on any atom is 0.340 e. The van der Waals surface area contributed by atoms with Crippen molar-refractivity contribution in [2.75, 3.05) is 19.8 Å². The van der Waals surface area contributed by atoms with Crippen LogP contribution in [0, 0.1) is 0 Å². The summed E-state index contributed by atoms with van der Waals surface area (Å²) >= 11 is 0. The molecular weight excluding hydrogens is 266 g/mol. The summed E-state index contributed by atoms with van der Waals surface area (Å²) < 4.78 is 14.7. The number of ether oxygens (including phenoxy) is 3. The largest absolute Gasteiger partial charge is 0.464 e. The Morgan fingerprint density at radius 2 is 1.45 bits per heavy atom. The summed E-state index contributed by atoms with van der Waals surface area (Å²) in [5, 5.41) is 2.25. The van der Waals surface area contributed by atoms with Crippen molar-refractivity contribution in [3.8, 4) is 0 Å². The van der Waals surface area contributed by atoms with E-state index in [-0.39, 0.29) is 19.8 Å². The third kappa shape index (κ3) is 7.73. The normalized spacial score (nSPS) is 11.1. The minimum Gasteiger partial charge on any atom is -0.464 e. The second-order valence-corrected chi connectivity index (χ2v) is 4.91. The predicted molar refractivity (Wildman–Crippen MR) is 70.9 cm³/mol. The molecule has 0 unspecified atom stereocenters. The molecule has 0 atom stereocenters. The Kier molecular flexibility index (Phi) is 7.83. The SMILES string of the molecule is CCOC(=O)C(NC(=O)COC(C)(C)C)C(=O)OCC. The average Bonchev–Trinajstić information content (AvgIpc) is 2.33. The second kappa shape index (κ2) is 8.52. The molecule has 0 rings (SSSR count). The van der Waals surface area contributed by atoms with Gasteiger partial charge in [0.1, 0.15) is 6.61 Å². The van der Waals surface area contributed by atoms with E-state index in [1.165, 1.54) is 0 Å². The number of amides is 1. The monoisotopic (exact) mass is 289 g/mol. The van der Waals surface area contributed by atoms with Crippen LogP contribution in [0.1, 0.15) is 34.6 Å². The standard InChI is InChI=1S/C13H23NO6/c1-6-18-11(16)10(12(17)19-7-2)14-9(15)8-20-13(3,4)5/h10H,6-8H2,1-5H3,(H,14,15). The first-order valence-corrected chi connectivity index (χ1v) is 6.47. The van der Waals surface area contributed by atoms with Crippen LogP contribution in [0.3, 0.4) is 0 Å². The molecule has 0 fully saturated rings. The number of nitrogens with one attached hydrogen (secondary N) is 1. The van der Waals surface area contributed by atoms with E-state index in [4.69, 9.17) is 14.2 Å². The second-order valence-electron chi connectivity index (χ2n) is 4.91. The van der Waals surface area contributed by atoms with Gasteiger partial charge in [-0.2, -0.15) is 0 Å². The molecular formula is C13H23NO6. The molecule has 116 valence electrons. The van der Waals surface area contributed by atoms with Gasteiger partial charge in [-0.05, 0) is 34.6 Å². The van der Waals surface area contributed by atoms with E-state index in [1.807, 2.05) is 0 Å². The van der Waals surface area contributed by atoms with Gasteiger partial charge in [0.05, 0.1) is 18.8 Å². The highest BCUT2D eigenvalue weighted by atomic mass is 16.6. The molecule has 7 heteroatoms. The summed E-state index contributed by atoms with van der Waals surface area (Å²) in [6, 6.07) is -1.47. The molecule has 1 amide bonds. The van der Waals surface area contributed by atoms with E-state index >= 15 is 0 Å². The van der Waals surface area contributed by atoms with Crippen LogP contribution in [0.25, 0.3) is 0 Å². The minimum absolute atomic E-state index is 0.100. The molecule has 0 aliphatic rings. The number of carbonyl (C=O) groups is 3. The van der Waals surface area contributed by atoms with Crippen molar-refractivity contribution in [2.24, 2.45) is 0 Å². The molecule has 0 aliphatic carbocycles. The Balaban J connectivity index is 4.59. The summed E-state index contributed by atoms with van der Waals surface area (Å²) in [4.78, 5) is 34.9. The van der Waals surface area contributed by atoms with E-state index in [0.29, 0.717) is 0 Å². The van der Waals surface area contributed by atoms with Crippen molar-refractivity contribution in [3.63, 3.8) is 0 Å². The van der Waals surface area contributed by atoms with Crippen LogP contribution in [0.5, 0.6) is 0 Å². The summed E-state index contributed by atoms with van der Waals surface area (Å²) in [7, 11) is 0. The van der Waals surface area contributed by atoms with Crippen LogP contribution >= 0.6 is 0 Å². The highest BCUT2D eigenvalue weighted by Crippen LogP contribution is 2.05. The van der Waals surface area contributed by atoms with E-state index in [9.17, 15) is 14.4 Å². The lowest BCUT2D eigenvalue weighted by Gasteiger charge is -2.20. The topological polar surface area (TPSA) is 90.9 Å². The van der Waals surface area contributed by atoms with E-state index < -0.39 is 29.5 Å². The van der Waals surface area contributed by atoms with Gasteiger partial charge in [0.15, 0.2) is 0 Å². The third-order valence-corrected chi connectivity index (χ3v) is 1.99. The van der Waals surface area contributed by atoms with Crippen molar-refractivity contribution >= 4 is 17.8 Å². The zero-order chi connectivity index (χ0) is 15.8. The van der Waals surface area contributed by atoms with Crippen LogP contribution in [0.4, 0.5) is 0 Å². The minimum atomic E-state index is -1.47. The number of rotatable bonds is 7. The first kappa shape index (κ1) is 18.4. The first-order chi connectivity index (χ1) is 9.21. The molecule has 0 saturated heterocycles. The van der Waals surface area contributed by atoms with Crippen LogP contribution in [0.2, 0.25) is 0 Å². The number of esters is 2. The Morgan fingerprint density at radius 3 is 1.80 bits per heavy atom. The Hall–Kier alpha value is -1.63. The molecule has 0 bridgehead atoms. The molecule has 0 heterocycles. The fourth-order valence-electron chi connectivity index (χ4n) is 1.15. The van der Waals surface area contributed by atoms with Crippen LogP contribution in [-0.4, -0.2) is 49.3 Å². The zero-order valence-electron chi connectivity index (χ0n) is 12.6. The molecule has 20 heavy (non-hydrogen) atoms. The van der Waals surface area contributed by atoms with Crippen molar-refractivity contribution < 1.29 is 28.6 Å². The molecule has 0 saturated carbocycles. The van der Waals surface area contributed by atoms with E-state index in [0.717, 1.165) is 0 Å². The lowest BCUT2D eigenvalue weighted by molar-refractivity contribution is -0.160. The van der Waals surface area contributed by atoms with Crippen molar-refractivity contribution in [3.05, 3.63) is 0 Å². The van der Waals surface area contributed by atoms with Gasteiger partial charge in [-0.1, -0.05) is 0 Å². The fraction of sp³-hybridized carbons (Fsp3) is 0.769. The van der Waals surface area contributed by atoms with Gasteiger partial charge in [-0.25, -0.2) is 9.59 Å². The van der Waals surface area contributed by atoms with Crippen molar-refractivity contribution in [2.45, 2.75) is 46.3 Å². The number of hydrogen-bond donors (Lipinski definition) is 1. The molecule has 0 aromatic heterocycles. The maximum atomic E-state index is 11.7. The van der Waals surface area contributed by atoms with E-state index in [2.05, 4.69) is 5.32 Å². The smallest absolute Gasteiger partial charge is 0.340 e. The molecule has 0 radical (unpaired) electrons. The van der Waals surface area contributed by atoms with Crippen molar-refractivity contribution in [1.82, 2.24) is 5.32 Å². The lowest BCUT2D eigenvalue weighted by Crippen LogP contribution is -2.49. The van der Waals surface area contributed by atoms with Gasteiger partial charge < -0.3 is 19.5 Å². The summed E-state index contributed by atoms with van der Waals surface area (Å²) in [5.41, 5.74) is -0.499. The highest BCUT2D eigenvalue weighted by molar-refractivity contribution is 6.02. The molecule has 0 aromatic rings. The van der Waals surface area contributed by atoms with Gasteiger partial charge in [0.2, 0.25) is 11.9 Å². The summed E-state index contributed by atoms with van der Waals surface area (Å²) in [6.07, 6.45) is 0. The lowest BCUT2D eigenvalue weighted by atomic mass is 10.2. The predicted octanol–water partition coefficient (Wildman–Crippen LogP) is 0.413. The van der Waals surface area contributed by atoms with Gasteiger partial charge in [-0.3, -0.25) is 4.79 Å². The van der Waals surface area contributed by atoms with Gasteiger partial charge in [-0.15, -0.1) is 0 Å². The van der Waals surface area contributed by atoms with Crippen molar-refractivity contribution in [1.29, 1.82) is 0 Å².